The van der Waals surface area contributed by atoms with E-state index in [1.54, 1.807) is 0 Å². The molecule has 0 radical (unpaired) electrons. The summed E-state index contributed by atoms with van der Waals surface area (Å²) in [4.78, 5) is 0. The molecule has 0 N–H and O–H groups in total. The summed E-state index contributed by atoms with van der Waals surface area (Å²) in [7, 11) is -4.23. The summed E-state index contributed by atoms with van der Waals surface area (Å²) in [5.41, 5.74) is 0.632. The number of rotatable bonds is 8. The molecule has 2 unspecified atom stereocenters. The minimum Gasteiger partial charge on any atom is -0.227 e. The molecule has 2 nitrogen and oxygen atoms in total. The second-order valence-electron chi connectivity index (χ2n) is 8.58. The third kappa shape index (κ3) is 6.98. The van der Waals surface area contributed by atoms with Crippen LogP contribution >= 0.6 is 23.2 Å². The lowest BCUT2D eigenvalue weighted by Crippen LogP contribution is -2.19. The zero-order valence-electron chi connectivity index (χ0n) is 20.0. The van der Waals surface area contributed by atoms with E-state index in [1.807, 2.05) is 0 Å². The molecular weight excluding hydrogens is 571 g/mol. The maximum atomic E-state index is 14.3. The molecule has 4 aromatic rings. The zero-order valence-corrected chi connectivity index (χ0v) is 22.4. The molecule has 0 saturated heterocycles. The lowest BCUT2D eigenvalue weighted by atomic mass is 10.1. The van der Waals surface area contributed by atoms with Crippen LogP contribution in [0.15, 0.2) is 97.1 Å². The van der Waals surface area contributed by atoms with Crippen LogP contribution in [0.3, 0.4) is 0 Å². The van der Waals surface area contributed by atoms with Crippen molar-refractivity contribution >= 4 is 45.2 Å². The molecule has 4 aromatic carbocycles. The van der Waals surface area contributed by atoms with E-state index in [2.05, 4.69) is 0 Å². The second kappa shape index (κ2) is 12.2. The van der Waals surface area contributed by atoms with Crippen LogP contribution in [0.2, 0.25) is 10.0 Å². The van der Waals surface area contributed by atoms with Gasteiger partial charge in [-0.3, -0.25) is 0 Å². The highest BCUT2D eigenvalue weighted by atomic mass is 35.5. The third-order valence-electron chi connectivity index (χ3n) is 5.93. The standard InChI is InChI=1S/C30H20Cl2F4O2S/c31-23-9-1-21(2-10-23)29(15-7-19-5-13-25(33)17-27(19)35)39(37,38)30(22-3-11-24(32)12-4-22)16-8-20-6-14-26(34)18-28(20)36/h1-18,29-30H/b15-7+,16-8+. The summed E-state index contributed by atoms with van der Waals surface area (Å²) in [6.45, 7) is 0. The van der Waals surface area contributed by atoms with Gasteiger partial charge in [0.2, 0.25) is 0 Å². The molecule has 0 aliphatic carbocycles. The van der Waals surface area contributed by atoms with Crippen molar-refractivity contribution in [1.82, 2.24) is 0 Å². The van der Waals surface area contributed by atoms with Gasteiger partial charge < -0.3 is 0 Å². The van der Waals surface area contributed by atoms with Crippen LogP contribution in [-0.2, 0) is 9.84 Å². The van der Waals surface area contributed by atoms with Gasteiger partial charge in [-0.15, -0.1) is 0 Å². The predicted octanol–water partition coefficient (Wildman–Crippen LogP) is 9.17. The summed E-state index contributed by atoms with van der Waals surface area (Å²) in [5.74, 6) is -3.26. The maximum absolute atomic E-state index is 14.3. The van der Waals surface area contributed by atoms with Crippen LogP contribution in [0, 0.1) is 23.3 Å². The Bertz CT molecular complexity index is 1520. The number of hydrogen-bond acceptors (Lipinski definition) is 2. The van der Waals surface area contributed by atoms with Gasteiger partial charge in [0.1, 0.15) is 33.8 Å². The fraction of sp³-hybridized carbons (Fsp3) is 0.0667. The van der Waals surface area contributed by atoms with Crippen LogP contribution in [0.4, 0.5) is 17.6 Å². The average Bonchev–Trinajstić information content (AvgIpc) is 2.88. The van der Waals surface area contributed by atoms with Crippen molar-refractivity contribution in [3.63, 3.8) is 0 Å². The Morgan fingerprint density at radius 2 is 0.923 bits per heavy atom. The lowest BCUT2D eigenvalue weighted by molar-refractivity contribution is 0.580. The highest BCUT2D eigenvalue weighted by Crippen LogP contribution is 2.38. The van der Waals surface area contributed by atoms with Gasteiger partial charge >= 0.3 is 0 Å². The van der Waals surface area contributed by atoms with Crippen molar-refractivity contribution in [2.45, 2.75) is 10.5 Å². The molecule has 2 atom stereocenters. The Labute approximate surface area is 233 Å². The summed E-state index contributed by atoms with van der Waals surface area (Å²) < 4.78 is 84.0. The summed E-state index contributed by atoms with van der Waals surface area (Å²) in [5, 5.41) is -1.88. The van der Waals surface area contributed by atoms with Crippen LogP contribution in [0.1, 0.15) is 32.8 Å². The number of benzene rings is 4. The van der Waals surface area contributed by atoms with Gasteiger partial charge in [-0.1, -0.05) is 71.8 Å². The van der Waals surface area contributed by atoms with Gasteiger partial charge in [-0.25, -0.2) is 26.0 Å². The molecular formula is C30H20Cl2F4O2S. The monoisotopic (exact) mass is 590 g/mol. The summed E-state index contributed by atoms with van der Waals surface area (Å²) in [6, 6.07) is 18.1. The van der Waals surface area contributed by atoms with Crippen molar-refractivity contribution in [1.29, 1.82) is 0 Å². The van der Waals surface area contributed by atoms with Crippen molar-refractivity contribution in [3.8, 4) is 0 Å². The van der Waals surface area contributed by atoms with Gasteiger partial charge in [0.15, 0.2) is 9.84 Å². The quantitative estimate of drug-likeness (QED) is 0.192. The SMILES string of the molecule is O=S(=O)(C(/C=C/c1ccc(F)cc1F)c1ccc(Cl)cc1)C(/C=C/c1ccc(F)cc1F)c1ccc(Cl)cc1. The molecule has 0 saturated carbocycles. The van der Waals surface area contributed by atoms with Crippen molar-refractivity contribution in [2.75, 3.05) is 0 Å². The largest absolute Gasteiger partial charge is 0.227 e. The Hall–Kier alpha value is -3.39. The molecule has 9 heteroatoms. The van der Waals surface area contributed by atoms with Gasteiger partial charge in [0.25, 0.3) is 0 Å². The van der Waals surface area contributed by atoms with Gasteiger partial charge in [0.05, 0.1) is 0 Å². The first-order chi connectivity index (χ1) is 18.5. The van der Waals surface area contributed by atoms with Crippen LogP contribution < -0.4 is 0 Å². The van der Waals surface area contributed by atoms with E-state index in [0.717, 1.165) is 12.1 Å². The Morgan fingerprint density at radius 3 is 1.26 bits per heavy atom. The van der Waals surface area contributed by atoms with E-state index < -0.39 is 43.6 Å². The molecule has 0 heterocycles. The van der Waals surface area contributed by atoms with Crippen LogP contribution in [0.25, 0.3) is 12.2 Å². The van der Waals surface area contributed by atoms with E-state index in [-0.39, 0.29) is 11.1 Å². The fourth-order valence-electron chi connectivity index (χ4n) is 3.94. The first kappa shape index (κ1) is 28.6. The maximum Gasteiger partial charge on any atom is 0.171 e. The molecule has 0 aliphatic rings. The normalized spacial score (nSPS) is 13.7. The second-order valence-corrected chi connectivity index (χ2v) is 11.6. The van der Waals surface area contributed by atoms with Crippen LogP contribution in [0.5, 0.6) is 0 Å². The number of sulfone groups is 1. The van der Waals surface area contributed by atoms with Crippen molar-refractivity contribution in [2.24, 2.45) is 0 Å². The average molecular weight is 591 g/mol. The Morgan fingerprint density at radius 1 is 0.564 bits per heavy atom. The zero-order chi connectivity index (χ0) is 28.2. The van der Waals surface area contributed by atoms with E-state index in [1.165, 1.54) is 85.0 Å². The topological polar surface area (TPSA) is 34.1 Å². The summed E-state index contributed by atoms with van der Waals surface area (Å²) in [6.07, 6.45) is 5.11. The van der Waals surface area contributed by atoms with Crippen molar-refractivity contribution < 1.29 is 26.0 Å². The number of hydrogen-bond donors (Lipinski definition) is 0. The molecule has 200 valence electrons. The molecule has 0 spiro atoms. The minimum absolute atomic E-state index is 0.0162. The number of halogens is 6. The highest BCUT2D eigenvalue weighted by molar-refractivity contribution is 7.92. The molecule has 0 aliphatic heterocycles. The van der Waals surface area contributed by atoms with Gasteiger partial charge in [-0.05, 0) is 59.7 Å². The predicted molar refractivity (Wildman–Crippen MR) is 148 cm³/mol. The Kier molecular flexibility index (Phi) is 8.95. The molecule has 0 fully saturated rings. The molecule has 0 bridgehead atoms. The summed E-state index contributed by atoms with van der Waals surface area (Å²) >= 11 is 12.0. The highest BCUT2D eigenvalue weighted by Gasteiger charge is 2.33. The van der Waals surface area contributed by atoms with E-state index >= 15 is 0 Å². The lowest BCUT2D eigenvalue weighted by Gasteiger charge is -2.22. The molecule has 0 amide bonds. The molecule has 39 heavy (non-hydrogen) atoms. The fourth-order valence-corrected chi connectivity index (χ4v) is 6.17. The van der Waals surface area contributed by atoms with E-state index in [4.69, 9.17) is 23.2 Å². The van der Waals surface area contributed by atoms with E-state index in [9.17, 15) is 26.0 Å². The van der Waals surface area contributed by atoms with Gasteiger partial charge in [-0.2, -0.15) is 0 Å². The first-order valence-electron chi connectivity index (χ1n) is 11.5. The van der Waals surface area contributed by atoms with Crippen molar-refractivity contribution in [3.05, 3.63) is 153 Å². The first-order valence-corrected chi connectivity index (χ1v) is 13.9. The molecule has 0 aromatic heterocycles. The van der Waals surface area contributed by atoms with Gasteiger partial charge in [0, 0.05) is 33.3 Å². The Balaban J connectivity index is 1.85. The molecule has 4 rings (SSSR count). The third-order valence-corrected chi connectivity index (χ3v) is 8.71. The smallest absolute Gasteiger partial charge is 0.171 e. The van der Waals surface area contributed by atoms with Crippen LogP contribution in [-0.4, -0.2) is 8.42 Å². The minimum atomic E-state index is -4.23. The van der Waals surface area contributed by atoms with E-state index in [0.29, 0.717) is 33.3 Å².